The summed E-state index contributed by atoms with van der Waals surface area (Å²) in [6.45, 7) is 1.20. The standard InChI is InChI=1S/C22H23N3O5S/c1-22(16-7-6-14-4-3-5-15(14)12-16)20(27)25(21(28)24-22)13-19(26)23-17-8-10-18(11-9-17)31(2,29)30/h6-12H,3-5,13H2,1-2H3,(H,23,26)(H,24,28)/t22-/m0/s1. The van der Waals surface area contributed by atoms with Gasteiger partial charge < -0.3 is 10.6 Å². The Balaban J connectivity index is 1.47. The molecule has 1 heterocycles. The van der Waals surface area contributed by atoms with E-state index in [4.69, 9.17) is 0 Å². The molecule has 1 saturated heterocycles. The monoisotopic (exact) mass is 441 g/mol. The van der Waals surface area contributed by atoms with Gasteiger partial charge in [-0.05, 0) is 67.1 Å². The molecule has 0 saturated carbocycles. The average Bonchev–Trinajstić information content (AvgIpc) is 3.26. The Labute approximate surface area is 180 Å². The van der Waals surface area contributed by atoms with E-state index in [9.17, 15) is 22.8 Å². The van der Waals surface area contributed by atoms with Gasteiger partial charge in [0.15, 0.2) is 9.84 Å². The average molecular weight is 442 g/mol. The van der Waals surface area contributed by atoms with Gasteiger partial charge in [0.2, 0.25) is 5.91 Å². The summed E-state index contributed by atoms with van der Waals surface area (Å²) in [6.07, 6.45) is 4.14. The van der Waals surface area contributed by atoms with Crippen molar-refractivity contribution >= 4 is 33.4 Å². The molecule has 1 aliphatic heterocycles. The molecule has 2 N–H and O–H groups in total. The van der Waals surface area contributed by atoms with Gasteiger partial charge in [-0.2, -0.15) is 0 Å². The Morgan fingerprint density at radius 3 is 2.45 bits per heavy atom. The molecule has 9 heteroatoms. The van der Waals surface area contributed by atoms with Gasteiger partial charge >= 0.3 is 6.03 Å². The van der Waals surface area contributed by atoms with Crippen LogP contribution in [0.25, 0.3) is 0 Å². The summed E-state index contributed by atoms with van der Waals surface area (Å²) in [5, 5.41) is 5.30. The number of urea groups is 1. The molecule has 1 aliphatic carbocycles. The summed E-state index contributed by atoms with van der Waals surface area (Å²) in [4.78, 5) is 39.0. The van der Waals surface area contributed by atoms with Crippen LogP contribution in [0, 0.1) is 0 Å². The smallest absolute Gasteiger partial charge is 0.325 e. The number of imide groups is 1. The Morgan fingerprint density at radius 2 is 1.77 bits per heavy atom. The number of aryl methyl sites for hydroxylation is 2. The quantitative estimate of drug-likeness (QED) is 0.689. The van der Waals surface area contributed by atoms with E-state index in [0.29, 0.717) is 11.3 Å². The van der Waals surface area contributed by atoms with Crippen LogP contribution in [0.2, 0.25) is 0 Å². The van der Waals surface area contributed by atoms with Gasteiger partial charge in [-0.25, -0.2) is 13.2 Å². The molecular weight excluding hydrogens is 418 g/mol. The topological polar surface area (TPSA) is 113 Å². The Morgan fingerprint density at radius 1 is 1.10 bits per heavy atom. The normalized spacial score (nSPS) is 20.5. The molecule has 0 bridgehead atoms. The lowest BCUT2D eigenvalue weighted by atomic mass is 9.89. The predicted octanol–water partition coefficient (Wildman–Crippen LogP) is 1.98. The lowest BCUT2D eigenvalue weighted by Gasteiger charge is -2.23. The maximum Gasteiger partial charge on any atom is 0.325 e. The SMILES string of the molecule is C[C@@]1(c2ccc3c(c2)CCC3)NC(=O)N(CC(=O)Nc2ccc(S(C)(=O)=O)cc2)C1=O. The fourth-order valence-corrected chi connectivity index (χ4v) is 4.68. The number of benzene rings is 2. The number of fused-ring (bicyclic) bond motifs is 1. The molecule has 2 aromatic rings. The van der Waals surface area contributed by atoms with Crippen LogP contribution in [0.3, 0.4) is 0 Å². The zero-order valence-electron chi connectivity index (χ0n) is 17.3. The second-order valence-corrected chi connectivity index (χ2v) is 10.1. The Kier molecular flexibility index (Phi) is 5.09. The molecule has 1 fully saturated rings. The maximum atomic E-state index is 13.1. The number of carbonyl (C=O) groups is 3. The number of rotatable bonds is 5. The van der Waals surface area contributed by atoms with Crippen molar-refractivity contribution in [2.45, 2.75) is 36.6 Å². The predicted molar refractivity (Wildman–Crippen MR) is 114 cm³/mol. The largest absolute Gasteiger partial charge is 0.325 e. The minimum absolute atomic E-state index is 0.129. The van der Waals surface area contributed by atoms with Gasteiger partial charge in [0.1, 0.15) is 12.1 Å². The molecule has 162 valence electrons. The van der Waals surface area contributed by atoms with Crippen LogP contribution in [0.5, 0.6) is 0 Å². The summed E-state index contributed by atoms with van der Waals surface area (Å²) in [5.41, 5.74) is 2.29. The highest BCUT2D eigenvalue weighted by atomic mass is 32.2. The molecule has 2 aromatic carbocycles. The maximum absolute atomic E-state index is 13.1. The van der Waals surface area contributed by atoms with Crippen LogP contribution >= 0.6 is 0 Å². The molecule has 4 amide bonds. The van der Waals surface area contributed by atoms with E-state index < -0.39 is 39.8 Å². The van der Waals surface area contributed by atoms with Gasteiger partial charge in [0.05, 0.1) is 4.90 Å². The number of nitrogens with zero attached hydrogens (tertiary/aromatic N) is 1. The third-order valence-corrected chi connectivity index (χ3v) is 6.95. The molecule has 2 aliphatic rings. The molecule has 4 rings (SSSR count). The molecular formula is C22H23N3O5S. The van der Waals surface area contributed by atoms with E-state index in [1.165, 1.54) is 35.4 Å². The zero-order valence-corrected chi connectivity index (χ0v) is 18.1. The van der Waals surface area contributed by atoms with Crippen molar-refractivity contribution in [2.24, 2.45) is 0 Å². The van der Waals surface area contributed by atoms with E-state index in [1.807, 2.05) is 18.2 Å². The van der Waals surface area contributed by atoms with E-state index in [1.54, 1.807) is 6.92 Å². The first-order valence-electron chi connectivity index (χ1n) is 9.94. The number of hydrogen-bond donors (Lipinski definition) is 2. The summed E-state index contributed by atoms with van der Waals surface area (Å²) in [5.74, 6) is -1.05. The lowest BCUT2D eigenvalue weighted by molar-refractivity contribution is -0.133. The van der Waals surface area contributed by atoms with Crippen LogP contribution < -0.4 is 10.6 Å². The first-order valence-corrected chi connectivity index (χ1v) is 11.8. The Bertz CT molecular complexity index is 1190. The minimum Gasteiger partial charge on any atom is -0.325 e. The molecule has 0 unspecified atom stereocenters. The van der Waals surface area contributed by atoms with Crippen LogP contribution in [-0.2, 0) is 37.8 Å². The van der Waals surface area contributed by atoms with Crippen molar-refractivity contribution in [1.29, 1.82) is 0 Å². The lowest BCUT2D eigenvalue weighted by Crippen LogP contribution is -2.42. The molecule has 31 heavy (non-hydrogen) atoms. The number of sulfone groups is 1. The summed E-state index contributed by atoms with van der Waals surface area (Å²) in [7, 11) is -3.34. The van der Waals surface area contributed by atoms with Gasteiger partial charge in [0, 0.05) is 11.9 Å². The number of nitrogens with one attached hydrogen (secondary N) is 2. The van der Waals surface area contributed by atoms with Gasteiger partial charge in [-0.15, -0.1) is 0 Å². The van der Waals surface area contributed by atoms with Crippen molar-refractivity contribution in [3.8, 4) is 0 Å². The highest BCUT2D eigenvalue weighted by Gasteiger charge is 2.49. The van der Waals surface area contributed by atoms with Crippen molar-refractivity contribution < 1.29 is 22.8 Å². The molecule has 0 radical (unpaired) electrons. The fraction of sp³-hybridized carbons (Fsp3) is 0.318. The summed E-state index contributed by atoms with van der Waals surface area (Å²) >= 11 is 0. The first kappa shape index (κ1) is 21.0. The van der Waals surface area contributed by atoms with Gasteiger partial charge in [0.25, 0.3) is 5.91 Å². The summed E-state index contributed by atoms with van der Waals surface area (Å²) in [6, 6.07) is 10.9. The van der Waals surface area contributed by atoms with E-state index >= 15 is 0 Å². The second kappa shape index (κ2) is 7.49. The van der Waals surface area contributed by atoms with Crippen LogP contribution in [0.1, 0.15) is 30.0 Å². The molecule has 0 spiro atoms. The zero-order chi connectivity index (χ0) is 22.4. The van der Waals surface area contributed by atoms with Crippen molar-refractivity contribution in [2.75, 3.05) is 18.1 Å². The second-order valence-electron chi connectivity index (χ2n) is 8.13. The highest BCUT2D eigenvalue weighted by molar-refractivity contribution is 7.90. The minimum atomic E-state index is -3.34. The third kappa shape index (κ3) is 3.93. The molecule has 1 atom stereocenters. The molecule has 8 nitrogen and oxygen atoms in total. The fourth-order valence-electron chi connectivity index (χ4n) is 4.05. The van der Waals surface area contributed by atoms with Gasteiger partial charge in [-0.3, -0.25) is 14.5 Å². The van der Waals surface area contributed by atoms with Crippen LogP contribution in [-0.4, -0.2) is 44.0 Å². The van der Waals surface area contributed by atoms with Crippen molar-refractivity contribution in [3.63, 3.8) is 0 Å². The highest BCUT2D eigenvalue weighted by Crippen LogP contribution is 2.32. The van der Waals surface area contributed by atoms with Crippen molar-refractivity contribution in [1.82, 2.24) is 10.2 Å². The first-order chi connectivity index (χ1) is 14.6. The van der Waals surface area contributed by atoms with Crippen LogP contribution in [0.4, 0.5) is 10.5 Å². The Hall–Kier alpha value is -3.20. The van der Waals surface area contributed by atoms with Crippen molar-refractivity contribution in [3.05, 3.63) is 59.2 Å². The number of carbonyl (C=O) groups excluding carboxylic acids is 3. The van der Waals surface area contributed by atoms with E-state index in [2.05, 4.69) is 10.6 Å². The van der Waals surface area contributed by atoms with Crippen LogP contribution in [0.15, 0.2) is 47.4 Å². The number of anilines is 1. The van der Waals surface area contributed by atoms with Gasteiger partial charge in [-0.1, -0.05) is 18.2 Å². The number of hydrogen-bond acceptors (Lipinski definition) is 5. The third-order valence-electron chi connectivity index (χ3n) is 5.82. The number of amides is 4. The van der Waals surface area contributed by atoms with E-state index in [0.717, 1.165) is 30.4 Å². The molecule has 0 aromatic heterocycles. The van der Waals surface area contributed by atoms with E-state index in [-0.39, 0.29) is 4.90 Å². The summed E-state index contributed by atoms with van der Waals surface area (Å²) < 4.78 is 23.1.